The van der Waals surface area contributed by atoms with Crippen molar-refractivity contribution in [1.82, 2.24) is 0 Å². The van der Waals surface area contributed by atoms with Gasteiger partial charge in [-0.1, -0.05) is 72.8 Å². The van der Waals surface area contributed by atoms with E-state index in [9.17, 15) is 0 Å². The van der Waals surface area contributed by atoms with E-state index in [0.717, 1.165) is 25.0 Å². The number of anilines is 1. The van der Waals surface area contributed by atoms with Gasteiger partial charge in [0.15, 0.2) is 0 Å². The van der Waals surface area contributed by atoms with Gasteiger partial charge in [0, 0.05) is 11.6 Å². The average Bonchev–Trinajstić information content (AvgIpc) is 3.25. The highest BCUT2D eigenvalue weighted by Gasteiger charge is 2.59. The lowest BCUT2D eigenvalue weighted by molar-refractivity contribution is 0.0353. The van der Waals surface area contributed by atoms with Crippen LogP contribution in [0.4, 0.5) is 5.69 Å². The fourth-order valence-corrected chi connectivity index (χ4v) is 6.87. The van der Waals surface area contributed by atoms with Crippen LogP contribution in [0.1, 0.15) is 56.1 Å². The zero-order valence-corrected chi connectivity index (χ0v) is 20.1. The van der Waals surface area contributed by atoms with Crippen LogP contribution >= 0.6 is 0 Å². The molecule has 7 rings (SSSR count). The molecule has 1 spiro atoms. The van der Waals surface area contributed by atoms with Crippen molar-refractivity contribution in [1.29, 1.82) is 0 Å². The summed E-state index contributed by atoms with van der Waals surface area (Å²) in [5, 5.41) is 0. The molecule has 0 radical (unpaired) electrons. The van der Waals surface area contributed by atoms with Gasteiger partial charge in [-0.05, 0) is 97.1 Å². The second kappa shape index (κ2) is 8.30. The first-order chi connectivity index (χ1) is 17.3. The Morgan fingerprint density at radius 2 is 1.46 bits per heavy atom. The Bertz CT molecular complexity index is 1350. The molecule has 2 aliphatic heterocycles. The molecule has 0 saturated heterocycles. The Balaban J connectivity index is 1.45. The molecule has 174 valence electrons. The number of nitrogens with zero attached hydrogens (tertiary/aromatic N) is 1. The molecule has 1 fully saturated rings. The first-order valence-electron chi connectivity index (χ1n) is 13.2. The highest BCUT2D eigenvalue weighted by Crippen LogP contribution is 2.61. The summed E-state index contributed by atoms with van der Waals surface area (Å²) in [6.07, 6.45) is 13.1. The summed E-state index contributed by atoms with van der Waals surface area (Å²) in [5.41, 5.74) is 9.29. The van der Waals surface area contributed by atoms with Crippen LogP contribution in [-0.4, -0.2) is 5.72 Å². The summed E-state index contributed by atoms with van der Waals surface area (Å²) < 4.78 is 7.13. The minimum atomic E-state index is -0.427. The first-order valence-corrected chi connectivity index (χ1v) is 13.2. The van der Waals surface area contributed by atoms with E-state index in [1.165, 1.54) is 59.3 Å². The van der Waals surface area contributed by atoms with Crippen LogP contribution < -0.4 is 9.64 Å². The van der Waals surface area contributed by atoms with E-state index in [-0.39, 0.29) is 0 Å². The Morgan fingerprint density at radius 3 is 2.26 bits per heavy atom. The standard InChI is InChI=1S/C33H31NO/c1-3-11-24(12-4-1)21-26-15-9-16-27-23-29-18-10-17-28(22-25-13-5-2-6-14-25)33(29)34(32(26)27)30-19-7-8-20-31(30)35-33/h1-8,11-14,19-22,29H,9-10,15-18,23H2/b26-21+,28-22+/t29-,33-/m0/s1. The zero-order chi connectivity index (χ0) is 23.2. The molecule has 0 aromatic heterocycles. The van der Waals surface area contributed by atoms with Gasteiger partial charge in [0.1, 0.15) is 5.75 Å². The fraction of sp³-hybridized carbons (Fsp3) is 0.273. The van der Waals surface area contributed by atoms with Gasteiger partial charge in [-0.15, -0.1) is 0 Å². The molecule has 2 aliphatic carbocycles. The molecular formula is C33H31NO. The van der Waals surface area contributed by atoms with E-state index in [0.29, 0.717) is 5.92 Å². The second-order valence-electron chi connectivity index (χ2n) is 10.4. The highest BCUT2D eigenvalue weighted by molar-refractivity contribution is 5.78. The maximum absolute atomic E-state index is 7.13. The molecule has 2 heterocycles. The van der Waals surface area contributed by atoms with Gasteiger partial charge in [-0.2, -0.15) is 0 Å². The van der Waals surface area contributed by atoms with Gasteiger partial charge in [0.05, 0.1) is 5.69 Å². The number of benzene rings is 3. The van der Waals surface area contributed by atoms with Gasteiger partial charge >= 0.3 is 0 Å². The smallest absolute Gasteiger partial charge is 0.213 e. The molecule has 3 aromatic carbocycles. The molecule has 3 aromatic rings. The molecule has 0 amide bonds. The van der Waals surface area contributed by atoms with Crippen molar-refractivity contribution in [3.05, 3.63) is 118 Å². The molecule has 4 aliphatic rings. The minimum Gasteiger partial charge on any atom is -0.461 e. The zero-order valence-electron chi connectivity index (χ0n) is 20.1. The maximum Gasteiger partial charge on any atom is 0.213 e. The quantitative estimate of drug-likeness (QED) is 0.383. The molecule has 0 bridgehead atoms. The molecular weight excluding hydrogens is 426 g/mol. The monoisotopic (exact) mass is 457 g/mol. The third-order valence-electron chi connectivity index (χ3n) is 8.28. The predicted molar refractivity (Wildman–Crippen MR) is 144 cm³/mol. The Labute approximate surface area is 208 Å². The second-order valence-corrected chi connectivity index (χ2v) is 10.4. The molecule has 2 nitrogen and oxygen atoms in total. The number of rotatable bonds is 2. The fourth-order valence-electron chi connectivity index (χ4n) is 6.87. The molecule has 2 atom stereocenters. The number of ether oxygens (including phenoxy) is 1. The van der Waals surface area contributed by atoms with Crippen LogP contribution in [0.5, 0.6) is 5.75 Å². The molecule has 2 heteroatoms. The number of fused-ring (bicyclic) bond motifs is 3. The average molecular weight is 458 g/mol. The van der Waals surface area contributed by atoms with Crippen LogP contribution in [-0.2, 0) is 0 Å². The van der Waals surface area contributed by atoms with Crippen molar-refractivity contribution >= 4 is 17.8 Å². The first kappa shape index (κ1) is 20.8. The van der Waals surface area contributed by atoms with Crippen molar-refractivity contribution < 1.29 is 4.74 Å². The molecule has 0 unspecified atom stereocenters. The number of hydrogen-bond acceptors (Lipinski definition) is 2. The van der Waals surface area contributed by atoms with Crippen LogP contribution in [0, 0.1) is 5.92 Å². The minimum absolute atomic E-state index is 0.427. The van der Waals surface area contributed by atoms with E-state index < -0.39 is 5.72 Å². The number of para-hydroxylation sites is 2. The van der Waals surface area contributed by atoms with Gasteiger partial charge < -0.3 is 4.74 Å². The van der Waals surface area contributed by atoms with Crippen LogP contribution in [0.3, 0.4) is 0 Å². The summed E-state index contributed by atoms with van der Waals surface area (Å²) >= 11 is 0. The van der Waals surface area contributed by atoms with Crippen molar-refractivity contribution in [2.45, 2.75) is 50.7 Å². The Hall–Kier alpha value is -3.52. The topological polar surface area (TPSA) is 12.5 Å². The van der Waals surface area contributed by atoms with Crippen molar-refractivity contribution in [2.24, 2.45) is 5.92 Å². The van der Waals surface area contributed by atoms with Crippen LogP contribution in [0.25, 0.3) is 12.2 Å². The highest BCUT2D eigenvalue weighted by atomic mass is 16.5. The lowest BCUT2D eigenvalue weighted by Crippen LogP contribution is -2.60. The third kappa shape index (κ3) is 3.31. The van der Waals surface area contributed by atoms with E-state index in [2.05, 4.69) is 102 Å². The van der Waals surface area contributed by atoms with Gasteiger partial charge in [-0.3, -0.25) is 4.90 Å². The third-order valence-corrected chi connectivity index (χ3v) is 8.28. The van der Waals surface area contributed by atoms with Gasteiger partial charge in [-0.25, -0.2) is 0 Å². The number of allylic oxidation sites excluding steroid dienone is 2. The van der Waals surface area contributed by atoms with Crippen molar-refractivity contribution in [2.75, 3.05) is 4.90 Å². The summed E-state index contributed by atoms with van der Waals surface area (Å²) in [4.78, 5) is 2.63. The SMILES string of the molecule is C(=C1/CCCC2=C1N1c3ccccc3O[C@]13/C(=C/c1ccccc1)CCC[C@H]3C2)/c1ccccc1. The summed E-state index contributed by atoms with van der Waals surface area (Å²) in [6.45, 7) is 0. The summed E-state index contributed by atoms with van der Waals surface area (Å²) in [5.74, 6) is 1.49. The van der Waals surface area contributed by atoms with Crippen LogP contribution in [0.2, 0.25) is 0 Å². The number of hydrogen-bond donors (Lipinski definition) is 0. The van der Waals surface area contributed by atoms with E-state index in [4.69, 9.17) is 4.74 Å². The summed E-state index contributed by atoms with van der Waals surface area (Å²) in [7, 11) is 0. The lowest BCUT2D eigenvalue weighted by atomic mass is 9.68. The van der Waals surface area contributed by atoms with E-state index in [1.54, 1.807) is 5.57 Å². The Kier molecular flexibility index (Phi) is 4.94. The van der Waals surface area contributed by atoms with E-state index >= 15 is 0 Å². The largest absolute Gasteiger partial charge is 0.461 e. The Morgan fingerprint density at radius 1 is 0.743 bits per heavy atom. The lowest BCUT2D eigenvalue weighted by Gasteiger charge is -2.53. The summed E-state index contributed by atoms with van der Waals surface area (Å²) in [6, 6.07) is 30.3. The van der Waals surface area contributed by atoms with Crippen LogP contribution in [0.15, 0.2) is 107 Å². The molecule has 1 saturated carbocycles. The van der Waals surface area contributed by atoms with Gasteiger partial charge in [0.2, 0.25) is 5.72 Å². The predicted octanol–water partition coefficient (Wildman–Crippen LogP) is 8.39. The molecule has 0 N–H and O–H groups in total. The molecule has 35 heavy (non-hydrogen) atoms. The van der Waals surface area contributed by atoms with E-state index in [1.807, 2.05) is 0 Å². The van der Waals surface area contributed by atoms with Crippen molar-refractivity contribution in [3.63, 3.8) is 0 Å². The van der Waals surface area contributed by atoms with Crippen molar-refractivity contribution in [3.8, 4) is 5.75 Å². The van der Waals surface area contributed by atoms with Gasteiger partial charge in [0.25, 0.3) is 0 Å². The maximum atomic E-state index is 7.13. The normalized spacial score (nSPS) is 27.2.